The van der Waals surface area contributed by atoms with Crippen LogP contribution in [0.1, 0.15) is 68.3 Å². The average Bonchev–Trinajstić information content (AvgIpc) is 3.25. The summed E-state index contributed by atoms with van der Waals surface area (Å²) in [5, 5.41) is 9.30. The maximum absolute atomic E-state index is 12.8. The molecule has 3 aliphatic rings. The second kappa shape index (κ2) is 9.19. The quantitative estimate of drug-likeness (QED) is 0.622. The minimum Gasteiger partial charge on any atom is -0.353 e. The third-order valence-corrected chi connectivity index (χ3v) is 6.98. The maximum Gasteiger partial charge on any atom is 0.272 e. The molecule has 2 atom stereocenters. The van der Waals surface area contributed by atoms with Gasteiger partial charge in [0, 0.05) is 30.5 Å². The van der Waals surface area contributed by atoms with Crippen molar-refractivity contribution in [1.29, 1.82) is 0 Å². The van der Waals surface area contributed by atoms with Gasteiger partial charge in [-0.15, -0.1) is 0 Å². The standard InChI is InChI=1S/C20H29N5O3S/c26-18(12-4-5-12)23-15-8-6-13(7-9-15)19(27)24-16-3-1-2-14(16)10-21-20(28)17-11-22-29-25-17/h11-16H,1-10H2,(H,21,28)(H,23,26)(H,24,27). The second-order valence-corrected chi connectivity index (χ2v) is 9.20. The normalized spacial score (nSPS) is 29.2. The number of amides is 3. The van der Waals surface area contributed by atoms with Gasteiger partial charge in [-0.1, -0.05) is 6.42 Å². The van der Waals surface area contributed by atoms with Crippen LogP contribution in [-0.2, 0) is 9.59 Å². The Labute approximate surface area is 174 Å². The lowest BCUT2D eigenvalue weighted by Gasteiger charge is -2.30. The Hall–Kier alpha value is -2.03. The Morgan fingerprint density at radius 2 is 1.62 bits per heavy atom. The first-order valence-electron chi connectivity index (χ1n) is 10.8. The number of nitrogens with zero attached hydrogens (tertiary/aromatic N) is 2. The van der Waals surface area contributed by atoms with Gasteiger partial charge < -0.3 is 16.0 Å². The molecule has 0 spiro atoms. The van der Waals surface area contributed by atoms with Crippen molar-refractivity contribution in [1.82, 2.24) is 24.7 Å². The summed E-state index contributed by atoms with van der Waals surface area (Å²) in [7, 11) is 0. The minimum absolute atomic E-state index is 0.0287. The lowest BCUT2D eigenvalue weighted by Crippen LogP contribution is -2.46. The highest BCUT2D eigenvalue weighted by molar-refractivity contribution is 6.99. The summed E-state index contributed by atoms with van der Waals surface area (Å²) in [5.74, 6) is 0.639. The van der Waals surface area contributed by atoms with E-state index in [0.29, 0.717) is 12.2 Å². The summed E-state index contributed by atoms with van der Waals surface area (Å²) in [4.78, 5) is 36.7. The SMILES string of the molecule is O=C(NCC1CCCC1NC(=O)C1CCC(NC(=O)C2CC2)CC1)c1cnsn1. The van der Waals surface area contributed by atoms with Crippen molar-refractivity contribution in [2.75, 3.05) is 6.54 Å². The van der Waals surface area contributed by atoms with E-state index in [4.69, 9.17) is 0 Å². The van der Waals surface area contributed by atoms with Crippen molar-refractivity contribution in [3.63, 3.8) is 0 Å². The van der Waals surface area contributed by atoms with E-state index in [2.05, 4.69) is 24.7 Å². The molecule has 9 heteroatoms. The van der Waals surface area contributed by atoms with Crippen LogP contribution in [0.4, 0.5) is 0 Å². The van der Waals surface area contributed by atoms with E-state index >= 15 is 0 Å². The van der Waals surface area contributed by atoms with E-state index in [1.165, 1.54) is 6.20 Å². The van der Waals surface area contributed by atoms with E-state index in [1.807, 2.05) is 0 Å². The lowest BCUT2D eigenvalue weighted by molar-refractivity contribution is -0.127. The minimum atomic E-state index is -0.206. The molecule has 3 aliphatic carbocycles. The highest BCUT2D eigenvalue weighted by Crippen LogP contribution is 2.31. The highest BCUT2D eigenvalue weighted by atomic mass is 32.1. The summed E-state index contributed by atoms with van der Waals surface area (Å²) in [6.45, 7) is 0.543. The molecule has 3 N–H and O–H groups in total. The van der Waals surface area contributed by atoms with Crippen LogP contribution in [0.2, 0.25) is 0 Å². The first kappa shape index (κ1) is 20.3. The number of nitrogens with one attached hydrogen (secondary N) is 3. The first-order valence-corrected chi connectivity index (χ1v) is 11.5. The lowest BCUT2D eigenvalue weighted by atomic mass is 9.85. The molecule has 3 amide bonds. The van der Waals surface area contributed by atoms with E-state index < -0.39 is 0 Å². The van der Waals surface area contributed by atoms with E-state index in [0.717, 1.165) is 69.5 Å². The van der Waals surface area contributed by atoms with Gasteiger partial charge in [0.2, 0.25) is 11.8 Å². The molecule has 1 aromatic rings. The largest absolute Gasteiger partial charge is 0.353 e. The Balaban J connectivity index is 1.19. The van der Waals surface area contributed by atoms with E-state index in [9.17, 15) is 14.4 Å². The zero-order valence-corrected chi connectivity index (χ0v) is 17.4. The predicted molar refractivity (Wildman–Crippen MR) is 108 cm³/mol. The van der Waals surface area contributed by atoms with Gasteiger partial charge in [0.05, 0.1) is 17.9 Å². The second-order valence-electron chi connectivity index (χ2n) is 8.64. The van der Waals surface area contributed by atoms with Gasteiger partial charge in [-0.3, -0.25) is 14.4 Å². The molecule has 1 heterocycles. The molecule has 0 aliphatic heterocycles. The summed E-state index contributed by atoms with van der Waals surface area (Å²) < 4.78 is 7.80. The van der Waals surface area contributed by atoms with Crippen LogP contribution in [0.5, 0.6) is 0 Å². The molecule has 0 radical (unpaired) electrons. The van der Waals surface area contributed by atoms with E-state index in [-0.39, 0.29) is 47.6 Å². The molecule has 4 rings (SSSR count). The topological polar surface area (TPSA) is 113 Å². The number of rotatable bonds is 7. The number of carbonyl (C=O) groups excluding carboxylic acids is 3. The van der Waals surface area contributed by atoms with E-state index in [1.54, 1.807) is 0 Å². The molecule has 3 fully saturated rings. The van der Waals surface area contributed by atoms with Gasteiger partial charge in [0.25, 0.3) is 5.91 Å². The fraction of sp³-hybridized carbons (Fsp3) is 0.750. The smallest absolute Gasteiger partial charge is 0.272 e. The Bertz CT molecular complexity index is 728. The van der Waals surface area contributed by atoms with Crippen LogP contribution in [0, 0.1) is 17.8 Å². The van der Waals surface area contributed by atoms with Crippen LogP contribution < -0.4 is 16.0 Å². The van der Waals surface area contributed by atoms with Crippen molar-refractivity contribution < 1.29 is 14.4 Å². The molecular weight excluding hydrogens is 390 g/mol. The van der Waals surface area contributed by atoms with Gasteiger partial charge >= 0.3 is 0 Å². The molecule has 8 nitrogen and oxygen atoms in total. The molecule has 158 valence electrons. The fourth-order valence-corrected chi connectivity index (χ4v) is 4.93. The molecule has 1 aromatic heterocycles. The monoisotopic (exact) mass is 419 g/mol. The fourth-order valence-electron chi connectivity index (χ4n) is 4.52. The van der Waals surface area contributed by atoms with Crippen LogP contribution >= 0.6 is 11.7 Å². The van der Waals surface area contributed by atoms with Crippen LogP contribution in [-0.4, -0.2) is 45.1 Å². The average molecular weight is 420 g/mol. The zero-order valence-electron chi connectivity index (χ0n) is 16.6. The van der Waals surface area contributed by atoms with Gasteiger partial charge in [-0.05, 0) is 57.3 Å². The van der Waals surface area contributed by atoms with Crippen LogP contribution in [0.3, 0.4) is 0 Å². The van der Waals surface area contributed by atoms with Gasteiger partial charge in [-0.25, -0.2) is 0 Å². The molecule has 3 saturated carbocycles. The number of hydrogen-bond donors (Lipinski definition) is 3. The maximum atomic E-state index is 12.8. The third kappa shape index (κ3) is 5.32. The summed E-state index contributed by atoms with van der Waals surface area (Å²) >= 11 is 1.02. The number of aromatic nitrogens is 2. The molecule has 0 aromatic carbocycles. The zero-order chi connectivity index (χ0) is 20.2. The molecule has 0 bridgehead atoms. The molecule has 29 heavy (non-hydrogen) atoms. The van der Waals surface area contributed by atoms with Gasteiger partial charge in [0.15, 0.2) is 5.69 Å². The van der Waals surface area contributed by atoms with Crippen molar-refractivity contribution in [2.24, 2.45) is 17.8 Å². The van der Waals surface area contributed by atoms with Gasteiger partial charge in [0.1, 0.15) is 0 Å². The van der Waals surface area contributed by atoms with Crippen molar-refractivity contribution in [2.45, 2.75) is 69.9 Å². The summed E-state index contributed by atoms with van der Waals surface area (Å²) in [5.41, 5.74) is 0.346. The Kier molecular flexibility index (Phi) is 6.42. The van der Waals surface area contributed by atoms with Crippen molar-refractivity contribution in [3.05, 3.63) is 11.9 Å². The summed E-state index contributed by atoms with van der Waals surface area (Å²) in [6.07, 6.45) is 9.93. The third-order valence-electron chi connectivity index (χ3n) is 6.50. The summed E-state index contributed by atoms with van der Waals surface area (Å²) in [6, 6.07) is 0.338. The van der Waals surface area contributed by atoms with Crippen molar-refractivity contribution >= 4 is 29.4 Å². The van der Waals surface area contributed by atoms with Crippen LogP contribution in [0.25, 0.3) is 0 Å². The molecular formula is C20H29N5O3S. The molecule has 0 saturated heterocycles. The highest BCUT2D eigenvalue weighted by Gasteiger charge is 2.35. The number of hydrogen-bond acceptors (Lipinski definition) is 6. The van der Waals surface area contributed by atoms with Crippen molar-refractivity contribution in [3.8, 4) is 0 Å². The van der Waals surface area contributed by atoms with Gasteiger partial charge in [-0.2, -0.15) is 8.75 Å². The first-order chi connectivity index (χ1) is 14.1. The van der Waals surface area contributed by atoms with Crippen LogP contribution in [0.15, 0.2) is 6.20 Å². The Morgan fingerprint density at radius 3 is 2.28 bits per heavy atom. The predicted octanol–water partition coefficient (Wildman–Crippen LogP) is 1.64. The molecule has 2 unspecified atom stereocenters. The number of carbonyl (C=O) groups is 3. The Morgan fingerprint density at radius 1 is 0.931 bits per heavy atom.